The number of hydrogen-bond acceptors (Lipinski definition) is 3. The van der Waals surface area contributed by atoms with Gasteiger partial charge in [-0.1, -0.05) is 60.2 Å². The lowest BCUT2D eigenvalue weighted by atomic mass is 9.46. The topological polar surface area (TPSA) is 71.4 Å². The van der Waals surface area contributed by atoms with Gasteiger partial charge in [0.1, 0.15) is 10.8 Å². The lowest BCUT2D eigenvalue weighted by Crippen LogP contribution is -2.52. The molecule has 2 aromatic rings. The van der Waals surface area contributed by atoms with Crippen LogP contribution in [0.3, 0.4) is 0 Å². The predicted octanol–water partition coefficient (Wildman–Crippen LogP) is 5.15. The average molecular weight is 382 g/mol. The van der Waals surface area contributed by atoms with Crippen LogP contribution in [0.1, 0.15) is 35.4 Å². The highest BCUT2D eigenvalue weighted by Gasteiger charge is 2.67. The standard InChI is InChI=1S/C24H16ClN3/c25-17-7-5-16(6-8-17)21-20-11-22(13-26,14-27)12-23(20)9-10-24(21,15-28)19-4-2-1-3-18(19)23/h1-10,20-21H,11-12H2. The van der Waals surface area contributed by atoms with Crippen LogP contribution in [0.5, 0.6) is 0 Å². The van der Waals surface area contributed by atoms with Gasteiger partial charge in [0, 0.05) is 16.4 Å². The minimum absolute atomic E-state index is 0.00697. The smallest absolute Gasteiger partial charge is 0.145 e. The SMILES string of the molecule is N#CC1(C#N)CC2C(c3ccc(Cl)cc3)C3(C#N)C=CC2(C1)c1ccccc13. The maximum absolute atomic E-state index is 10.4. The molecule has 0 radical (unpaired) electrons. The fourth-order valence-electron chi connectivity index (χ4n) is 5.98. The molecule has 4 heteroatoms. The molecule has 1 spiro atoms. The van der Waals surface area contributed by atoms with Gasteiger partial charge in [-0.3, -0.25) is 0 Å². The number of allylic oxidation sites excluding steroid dienone is 2. The van der Waals surface area contributed by atoms with Crippen LogP contribution in [0.25, 0.3) is 0 Å². The monoisotopic (exact) mass is 381 g/mol. The first-order chi connectivity index (χ1) is 13.5. The maximum Gasteiger partial charge on any atom is 0.145 e. The van der Waals surface area contributed by atoms with Gasteiger partial charge in [0.05, 0.1) is 18.2 Å². The van der Waals surface area contributed by atoms with E-state index in [0.29, 0.717) is 17.9 Å². The molecule has 4 aliphatic carbocycles. The predicted molar refractivity (Wildman–Crippen MR) is 105 cm³/mol. The molecule has 2 aromatic carbocycles. The molecule has 1 saturated carbocycles. The fraction of sp³-hybridized carbons (Fsp3) is 0.292. The van der Waals surface area contributed by atoms with Crippen molar-refractivity contribution < 1.29 is 0 Å². The summed E-state index contributed by atoms with van der Waals surface area (Å²) in [6, 6.07) is 22.9. The summed E-state index contributed by atoms with van der Waals surface area (Å²) in [5.41, 5.74) is 0.890. The number of halogens is 1. The first kappa shape index (κ1) is 17.1. The average Bonchev–Trinajstić information content (AvgIpc) is 3.10. The lowest BCUT2D eigenvalue weighted by Gasteiger charge is -2.55. The molecule has 0 aromatic heterocycles. The van der Waals surface area contributed by atoms with E-state index in [1.165, 1.54) is 0 Å². The van der Waals surface area contributed by atoms with E-state index in [1.807, 2.05) is 48.5 Å². The molecule has 134 valence electrons. The van der Waals surface area contributed by atoms with Crippen molar-refractivity contribution in [2.45, 2.75) is 29.6 Å². The molecular formula is C24H16ClN3. The summed E-state index contributed by atoms with van der Waals surface area (Å²) in [4.78, 5) is 0. The molecule has 0 heterocycles. The Bertz CT molecular complexity index is 1130. The van der Waals surface area contributed by atoms with Crippen molar-refractivity contribution in [2.24, 2.45) is 11.3 Å². The Morgan fingerprint density at radius 3 is 2.18 bits per heavy atom. The van der Waals surface area contributed by atoms with Gasteiger partial charge >= 0.3 is 0 Å². The largest absolute Gasteiger partial charge is 0.197 e. The quantitative estimate of drug-likeness (QED) is 0.641. The molecule has 0 N–H and O–H groups in total. The number of rotatable bonds is 1. The Kier molecular flexibility index (Phi) is 3.34. The third-order valence-electron chi connectivity index (χ3n) is 7.08. The van der Waals surface area contributed by atoms with Gasteiger partial charge in [0.2, 0.25) is 0 Å². The minimum atomic E-state index is -1.04. The van der Waals surface area contributed by atoms with Crippen LogP contribution in [0, 0.1) is 45.3 Å². The summed E-state index contributed by atoms with van der Waals surface area (Å²) in [7, 11) is 0. The Labute approximate surface area is 169 Å². The summed E-state index contributed by atoms with van der Waals surface area (Å²) in [5, 5.41) is 30.8. The van der Waals surface area contributed by atoms with E-state index in [-0.39, 0.29) is 11.8 Å². The molecular weight excluding hydrogens is 366 g/mol. The normalized spacial score (nSPS) is 33.2. The van der Waals surface area contributed by atoms with Gasteiger partial charge in [0.25, 0.3) is 0 Å². The highest BCUT2D eigenvalue weighted by Crippen LogP contribution is 2.70. The molecule has 4 atom stereocenters. The van der Waals surface area contributed by atoms with Gasteiger partial charge in [-0.15, -0.1) is 0 Å². The number of nitrogens with zero attached hydrogens (tertiary/aromatic N) is 3. The van der Waals surface area contributed by atoms with Crippen LogP contribution in [0.4, 0.5) is 0 Å². The van der Waals surface area contributed by atoms with E-state index in [0.717, 1.165) is 16.7 Å². The van der Waals surface area contributed by atoms with Crippen molar-refractivity contribution in [3.63, 3.8) is 0 Å². The first-order valence-electron chi connectivity index (χ1n) is 9.34. The highest BCUT2D eigenvalue weighted by molar-refractivity contribution is 6.30. The molecule has 28 heavy (non-hydrogen) atoms. The summed E-state index contributed by atoms with van der Waals surface area (Å²) in [6.45, 7) is 0. The van der Waals surface area contributed by atoms with E-state index in [4.69, 9.17) is 11.6 Å². The van der Waals surface area contributed by atoms with Crippen LogP contribution >= 0.6 is 11.6 Å². The summed E-state index contributed by atoms with van der Waals surface area (Å²) in [5.74, 6) is -0.120. The third-order valence-corrected chi connectivity index (χ3v) is 7.33. The Morgan fingerprint density at radius 1 is 0.857 bits per heavy atom. The van der Waals surface area contributed by atoms with E-state index < -0.39 is 16.2 Å². The molecule has 2 bridgehead atoms. The Morgan fingerprint density at radius 2 is 1.54 bits per heavy atom. The molecule has 0 amide bonds. The highest BCUT2D eigenvalue weighted by atomic mass is 35.5. The van der Waals surface area contributed by atoms with Crippen molar-refractivity contribution in [1.29, 1.82) is 15.8 Å². The second-order valence-electron chi connectivity index (χ2n) is 8.22. The molecule has 3 nitrogen and oxygen atoms in total. The lowest BCUT2D eigenvalue weighted by molar-refractivity contribution is 0.227. The zero-order valence-corrected chi connectivity index (χ0v) is 15.8. The number of benzene rings is 2. The second kappa shape index (κ2) is 5.48. The molecule has 0 saturated heterocycles. The molecule has 6 rings (SSSR count). The van der Waals surface area contributed by atoms with Crippen LogP contribution in [0.2, 0.25) is 5.02 Å². The number of hydrogen-bond donors (Lipinski definition) is 0. The van der Waals surface area contributed by atoms with Crippen LogP contribution in [-0.4, -0.2) is 0 Å². The summed E-state index contributed by atoms with van der Waals surface area (Å²) < 4.78 is 0. The Hall–Kier alpha value is -3.06. The Balaban J connectivity index is 1.84. The third kappa shape index (κ3) is 1.87. The van der Waals surface area contributed by atoms with Gasteiger partial charge in [-0.2, -0.15) is 15.8 Å². The van der Waals surface area contributed by atoms with Crippen molar-refractivity contribution in [3.05, 3.63) is 82.4 Å². The van der Waals surface area contributed by atoms with Crippen molar-refractivity contribution in [2.75, 3.05) is 0 Å². The van der Waals surface area contributed by atoms with Crippen LogP contribution < -0.4 is 0 Å². The second-order valence-corrected chi connectivity index (χ2v) is 8.66. The number of nitriles is 3. The van der Waals surface area contributed by atoms with E-state index in [1.54, 1.807) is 0 Å². The minimum Gasteiger partial charge on any atom is -0.197 e. The zero-order valence-electron chi connectivity index (χ0n) is 15.1. The molecule has 4 aliphatic rings. The van der Waals surface area contributed by atoms with E-state index in [9.17, 15) is 15.8 Å². The zero-order chi connectivity index (χ0) is 19.6. The summed E-state index contributed by atoms with van der Waals surface area (Å²) >= 11 is 6.11. The van der Waals surface area contributed by atoms with Gasteiger partial charge < -0.3 is 0 Å². The maximum atomic E-state index is 10.4. The van der Waals surface area contributed by atoms with Crippen molar-refractivity contribution in [1.82, 2.24) is 0 Å². The molecule has 0 aliphatic heterocycles. The molecule has 4 unspecified atom stereocenters. The van der Waals surface area contributed by atoms with Gasteiger partial charge in [0.15, 0.2) is 0 Å². The van der Waals surface area contributed by atoms with E-state index >= 15 is 0 Å². The van der Waals surface area contributed by atoms with Crippen LogP contribution in [-0.2, 0) is 10.8 Å². The first-order valence-corrected chi connectivity index (χ1v) is 9.72. The van der Waals surface area contributed by atoms with E-state index in [2.05, 4.69) is 30.4 Å². The summed E-state index contributed by atoms with van der Waals surface area (Å²) in [6.07, 6.45) is 5.08. The van der Waals surface area contributed by atoms with Gasteiger partial charge in [-0.25, -0.2) is 0 Å². The van der Waals surface area contributed by atoms with Crippen LogP contribution in [0.15, 0.2) is 60.7 Å². The van der Waals surface area contributed by atoms with Gasteiger partial charge in [-0.05, 0) is 47.6 Å². The van der Waals surface area contributed by atoms with Crippen molar-refractivity contribution >= 4 is 11.6 Å². The fourth-order valence-corrected chi connectivity index (χ4v) is 6.10. The van der Waals surface area contributed by atoms with Crippen molar-refractivity contribution in [3.8, 4) is 18.2 Å². The molecule has 1 fully saturated rings.